The van der Waals surface area contributed by atoms with Crippen molar-refractivity contribution in [1.82, 2.24) is 19.8 Å². The summed E-state index contributed by atoms with van der Waals surface area (Å²) < 4.78 is 12.2. The predicted octanol–water partition coefficient (Wildman–Crippen LogP) is 5.12. The fourth-order valence-corrected chi connectivity index (χ4v) is 6.05. The van der Waals surface area contributed by atoms with Crippen LogP contribution in [0.5, 0.6) is 5.75 Å². The van der Waals surface area contributed by atoms with Crippen molar-refractivity contribution in [2.24, 2.45) is 5.92 Å². The first-order valence-electron chi connectivity index (χ1n) is 13.7. The first-order chi connectivity index (χ1) is 20.7. The third-order valence-electron chi connectivity index (χ3n) is 7.28. The van der Waals surface area contributed by atoms with Crippen molar-refractivity contribution in [3.05, 3.63) is 81.9 Å². The van der Waals surface area contributed by atoms with E-state index < -0.39 is 12.0 Å². The van der Waals surface area contributed by atoms with Crippen molar-refractivity contribution in [3.8, 4) is 5.75 Å². The summed E-state index contributed by atoms with van der Waals surface area (Å²) in [4.78, 5) is 45.5. The zero-order chi connectivity index (χ0) is 30.9. The van der Waals surface area contributed by atoms with Crippen LogP contribution in [0, 0.1) is 5.92 Å². The molecule has 1 atom stereocenters. The molecule has 1 unspecified atom stereocenters. The van der Waals surface area contributed by atoms with Gasteiger partial charge in [-0.3, -0.25) is 9.59 Å². The Morgan fingerprint density at radius 3 is 2.60 bits per heavy atom. The SMILES string of the molecule is COC(=O)C(Cc1cn(Cc2cccc(OC)c2)cn1)NC(=O)C1CCN(C(=O)/C=C/c2ccc(SC)c(Cl)c2Cl)CC1. The van der Waals surface area contributed by atoms with Gasteiger partial charge in [0, 0.05) is 49.1 Å². The van der Waals surface area contributed by atoms with E-state index in [4.69, 9.17) is 32.7 Å². The molecule has 1 fully saturated rings. The molecule has 9 nitrogen and oxygen atoms in total. The number of likely N-dealkylation sites (tertiary alicyclic amines) is 1. The Labute approximate surface area is 265 Å². The second-order valence-electron chi connectivity index (χ2n) is 10.1. The van der Waals surface area contributed by atoms with Gasteiger partial charge in [0.15, 0.2) is 0 Å². The summed E-state index contributed by atoms with van der Waals surface area (Å²) in [5.41, 5.74) is 2.35. The molecule has 3 aromatic rings. The molecule has 0 bridgehead atoms. The highest BCUT2D eigenvalue weighted by Gasteiger charge is 2.30. The number of nitrogens with zero attached hydrogens (tertiary/aromatic N) is 3. The molecule has 0 aliphatic carbocycles. The van der Waals surface area contributed by atoms with E-state index in [9.17, 15) is 14.4 Å². The lowest BCUT2D eigenvalue weighted by Crippen LogP contribution is -2.48. The van der Waals surface area contributed by atoms with Gasteiger partial charge >= 0.3 is 5.97 Å². The largest absolute Gasteiger partial charge is 0.497 e. The number of carbonyl (C=O) groups is 3. The van der Waals surface area contributed by atoms with Gasteiger partial charge in [-0.05, 0) is 54.5 Å². The molecule has 1 saturated heterocycles. The number of carbonyl (C=O) groups excluding carboxylic acids is 3. The molecule has 0 radical (unpaired) electrons. The van der Waals surface area contributed by atoms with Crippen molar-refractivity contribution in [3.63, 3.8) is 0 Å². The van der Waals surface area contributed by atoms with Gasteiger partial charge in [-0.2, -0.15) is 0 Å². The Kier molecular flexibility index (Phi) is 11.6. The van der Waals surface area contributed by atoms with E-state index in [1.54, 1.807) is 24.4 Å². The lowest BCUT2D eigenvalue weighted by Gasteiger charge is -2.31. The Balaban J connectivity index is 1.30. The predicted molar refractivity (Wildman–Crippen MR) is 169 cm³/mol. The van der Waals surface area contributed by atoms with E-state index in [-0.39, 0.29) is 24.2 Å². The lowest BCUT2D eigenvalue weighted by atomic mass is 9.95. The molecule has 228 valence electrons. The number of imidazole rings is 1. The monoisotopic (exact) mass is 644 g/mol. The maximum atomic E-state index is 13.1. The summed E-state index contributed by atoms with van der Waals surface area (Å²) in [7, 11) is 2.91. The second kappa shape index (κ2) is 15.3. The van der Waals surface area contributed by atoms with Crippen molar-refractivity contribution in [2.45, 2.75) is 36.7 Å². The number of piperidine rings is 1. The van der Waals surface area contributed by atoms with Gasteiger partial charge in [0.25, 0.3) is 0 Å². The number of nitrogens with one attached hydrogen (secondary N) is 1. The minimum absolute atomic E-state index is 0.169. The van der Waals surface area contributed by atoms with Crippen molar-refractivity contribution >= 4 is 58.8 Å². The summed E-state index contributed by atoms with van der Waals surface area (Å²) in [6.07, 6.45) is 9.71. The molecule has 2 heterocycles. The fourth-order valence-electron chi connectivity index (χ4n) is 4.88. The van der Waals surface area contributed by atoms with Gasteiger partial charge in [0.05, 0.1) is 36.3 Å². The topological polar surface area (TPSA) is 103 Å². The zero-order valence-corrected chi connectivity index (χ0v) is 26.5. The summed E-state index contributed by atoms with van der Waals surface area (Å²) in [5, 5.41) is 3.71. The molecule has 12 heteroatoms. The highest BCUT2D eigenvalue weighted by molar-refractivity contribution is 7.98. The molecule has 1 aliphatic heterocycles. The third kappa shape index (κ3) is 8.55. The first-order valence-corrected chi connectivity index (χ1v) is 15.7. The number of benzene rings is 2. The summed E-state index contributed by atoms with van der Waals surface area (Å²) in [6.45, 7) is 1.41. The Morgan fingerprint density at radius 1 is 1.14 bits per heavy atom. The first kappa shape index (κ1) is 32.4. The number of aromatic nitrogens is 2. The van der Waals surface area contributed by atoms with Gasteiger partial charge in [0.2, 0.25) is 11.8 Å². The number of ether oxygens (including phenoxy) is 2. The molecule has 1 aromatic heterocycles. The summed E-state index contributed by atoms with van der Waals surface area (Å²) in [6, 6.07) is 10.5. The third-order valence-corrected chi connectivity index (χ3v) is 9.07. The Bertz CT molecular complexity index is 1490. The molecule has 1 N–H and O–H groups in total. The van der Waals surface area contributed by atoms with E-state index in [0.717, 1.165) is 16.2 Å². The van der Waals surface area contributed by atoms with Crippen molar-refractivity contribution in [1.29, 1.82) is 0 Å². The molecule has 43 heavy (non-hydrogen) atoms. The van der Waals surface area contributed by atoms with Crippen LogP contribution in [-0.2, 0) is 32.1 Å². The highest BCUT2D eigenvalue weighted by atomic mass is 35.5. The number of halogens is 2. The summed E-state index contributed by atoms with van der Waals surface area (Å²) >= 11 is 14.2. The van der Waals surface area contributed by atoms with Crippen LogP contribution in [0.15, 0.2) is 59.9 Å². The minimum Gasteiger partial charge on any atom is -0.497 e. The fraction of sp³-hybridized carbons (Fsp3) is 0.355. The Hall–Kier alpha value is -3.47. The van der Waals surface area contributed by atoms with Crippen LogP contribution >= 0.6 is 35.0 Å². The van der Waals surface area contributed by atoms with Crippen LogP contribution in [0.2, 0.25) is 10.0 Å². The van der Waals surface area contributed by atoms with Crippen LogP contribution in [0.1, 0.15) is 29.7 Å². The molecule has 1 aliphatic rings. The second-order valence-corrected chi connectivity index (χ2v) is 11.7. The number of hydrogen-bond acceptors (Lipinski definition) is 7. The number of rotatable bonds is 11. The van der Waals surface area contributed by atoms with Crippen LogP contribution in [0.25, 0.3) is 6.08 Å². The number of methoxy groups -OCH3 is 2. The number of esters is 1. The number of amides is 2. The molecule has 0 saturated carbocycles. The van der Waals surface area contributed by atoms with Crippen LogP contribution in [-0.4, -0.2) is 71.8 Å². The average Bonchev–Trinajstić information content (AvgIpc) is 3.47. The van der Waals surface area contributed by atoms with Crippen molar-refractivity contribution < 1.29 is 23.9 Å². The highest BCUT2D eigenvalue weighted by Crippen LogP contribution is 2.35. The van der Waals surface area contributed by atoms with Crippen LogP contribution < -0.4 is 10.1 Å². The smallest absolute Gasteiger partial charge is 0.328 e. The van der Waals surface area contributed by atoms with E-state index in [2.05, 4.69) is 10.3 Å². The van der Waals surface area contributed by atoms with Gasteiger partial charge in [0.1, 0.15) is 11.8 Å². The van der Waals surface area contributed by atoms with Crippen LogP contribution in [0.4, 0.5) is 0 Å². The molecular formula is C31H34Cl2N4O5S. The van der Waals surface area contributed by atoms with Crippen LogP contribution in [0.3, 0.4) is 0 Å². The zero-order valence-electron chi connectivity index (χ0n) is 24.2. The molecule has 4 rings (SSSR count). The van der Waals surface area contributed by atoms with Gasteiger partial charge in [-0.15, -0.1) is 11.8 Å². The molecular weight excluding hydrogens is 611 g/mol. The van der Waals surface area contributed by atoms with E-state index in [1.165, 1.54) is 24.9 Å². The van der Waals surface area contributed by atoms with E-state index >= 15 is 0 Å². The van der Waals surface area contributed by atoms with Gasteiger partial charge < -0.3 is 24.3 Å². The van der Waals surface area contributed by atoms with Gasteiger partial charge in [-0.1, -0.05) is 41.4 Å². The maximum Gasteiger partial charge on any atom is 0.328 e. The van der Waals surface area contributed by atoms with E-state index in [0.29, 0.717) is 53.8 Å². The molecule has 2 amide bonds. The minimum atomic E-state index is -0.880. The number of hydrogen-bond donors (Lipinski definition) is 1. The maximum absolute atomic E-state index is 13.1. The lowest BCUT2D eigenvalue weighted by molar-refractivity contribution is -0.145. The van der Waals surface area contributed by atoms with E-state index in [1.807, 2.05) is 53.4 Å². The van der Waals surface area contributed by atoms with Crippen molar-refractivity contribution in [2.75, 3.05) is 33.6 Å². The number of thioether (sulfide) groups is 1. The standard InChI is InChI=1S/C31H34Cl2N4O5S/c1-41-24-6-4-5-20(15-24)17-36-18-23(34-19-36)16-25(31(40)42-2)35-30(39)22-11-13-37(14-12-22)27(38)10-8-21-7-9-26(43-3)29(33)28(21)32/h4-10,15,18-19,22,25H,11-14,16-17H2,1-3H3,(H,35,39)/b10-8+. The average molecular weight is 646 g/mol. The normalized spacial score (nSPS) is 14.5. The van der Waals surface area contributed by atoms with Gasteiger partial charge in [-0.25, -0.2) is 9.78 Å². The molecule has 0 spiro atoms. The molecule has 2 aromatic carbocycles. The Morgan fingerprint density at radius 2 is 1.91 bits per heavy atom. The quantitative estimate of drug-likeness (QED) is 0.176. The summed E-state index contributed by atoms with van der Waals surface area (Å²) in [5.74, 6) is -0.526.